The molecule has 0 spiro atoms. The highest BCUT2D eigenvalue weighted by Crippen LogP contribution is 2.21. The number of nitrogens with one attached hydrogen (secondary N) is 1. The highest BCUT2D eigenvalue weighted by atomic mass is 19.3. The number of halogens is 2. The summed E-state index contributed by atoms with van der Waals surface area (Å²) in [5.41, 5.74) is 0.335. The second-order valence-electron chi connectivity index (χ2n) is 4.51. The number of furan rings is 1. The van der Waals surface area contributed by atoms with Gasteiger partial charge in [-0.2, -0.15) is 8.78 Å². The van der Waals surface area contributed by atoms with Crippen molar-refractivity contribution in [2.45, 2.75) is 12.7 Å². The Morgan fingerprint density at radius 1 is 1.30 bits per heavy atom. The van der Waals surface area contributed by atoms with Gasteiger partial charge in [-0.05, 0) is 24.3 Å². The monoisotopic (exact) mass is 323 g/mol. The van der Waals surface area contributed by atoms with E-state index < -0.39 is 18.6 Å². The lowest BCUT2D eigenvalue weighted by Crippen LogP contribution is -2.28. The van der Waals surface area contributed by atoms with E-state index in [1.165, 1.54) is 30.5 Å². The molecule has 2 N–H and O–H groups in total. The Kier molecular flexibility index (Phi) is 5.87. The van der Waals surface area contributed by atoms with Crippen molar-refractivity contribution in [1.82, 2.24) is 5.32 Å². The molecule has 1 amide bonds. The van der Waals surface area contributed by atoms with E-state index in [1.807, 2.05) is 0 Å². The summed E-state index contributed by atoms with van der Waals surface area (Å²) in [7, 11) is 0. The first-order valence-corrected chi connectivity index (χ1v) is 6.77. The smallest absolute Gasteiger partial charge is 0.387 e. The number of alkyl halides is 2. The Morgan fingerprint density at radius 3 is 2.74 bits per heavy atom. The Labute approximate surface area is 131 Å². The SMILES string of the molecule is O=C(/C=C/c1ccccc1OC(F)F)NC(CO)c1ccco1. The van der Waals surface area contributed by atoms with Crippen LogP contribution in [0.15, 0.2) is 53.2 Å². The number of amides is 1. The van der Waals surface area contributed by atoms with Crippen LogP contribution in [0.2, 0.25) is 0 Å². The van der Waals surface area contributed by atoms with E-state index >= 15 is 0 Å². The molecule has 0 saturated heterocycles. The average Bonchev–Trinajstić information content (AvgIpc) is 3.05. The van der Waals surface area contributed by atoms with Crippen LogP contribution in [0, 0.1) is 0 Å². The van der Waals surface area contributed by atoms with E-state index in [-0.39, 0.29) is 12.4 Å². The second kappa shape index (κ2) is 8.09. The fourth-order valence-electron chi connectivity index (χ4n) is 1.90. The van der Waals surface area contributed by atoms with Crippen LogP contribution < -0.4 is 10.1 Å². The van der Waals surface area contributed by atoms with Gasteiger partial charge in [-0.3, -0.25) is 4.79 Å². The summed E-state index contributed by atoms with van der Waals surface area (Å²) in [6, 6.07) is 8.67. The van der Waals surface area contributed by atoms with E-state index in [4.69, 9.17) is 4.42 Å². The molecule has 2 aromatic rings. The van der Waals surface area contributed by atoms with Crippen molar-refractivity contribution in [3.63, 3.8) is 0 Å². The first-order chi connectivity index (χ1) is 11.1. The summed E-state index contributed by atoms with van der Waals surface area (Å²) in [6.45, 7) is -3.28. The number of ether oxygens (including phenoxy) is 1. The van der Waals surface area contributed by atoms with Crippen LogP contribution in [0.25, 0.3) is 6.08 Å². The second-order valence-corrected chi connectivity index (χ2v) is 4.51. The van der Waals surface area contributed by atoms with Gasteiger partial charge in [0.1, 0.15) is 17.6 Å². The van der Waals surface area contributed by atoms with Crippen molar-refractivity contribution in [2.75, 3.05) is 6.61 Å². The Hall–Kier alpha value is -2.67. The van der Waals surface area contributed by atoms with Crippen molar-refractivity contribution in [1.29, 1.82) is 0 Å². The molecule has 5 nitrogen and oxygen atoms in total. The Bertz CT molecular complexity index is 656. The molecule has 2 rings (SSSR count). The normalized spacial score (nSPS) is 12.5. The summed E-state index contributed by atoms with van der Waals surface area (Å²) in [4.78, 5) is 11.9. The summed E-state index contributed by atoms with van der Waals surface area (Å²) in [5.74, 6) is -0.126. The first-order valence-electron chi connectivity index (χ1n) is 6.77. The topological polar surface area (TPSA) is 71.7 Å². The zero-order valence-electron chi connectivity index (χ0n) is 12.0. The quantitative estimate of drug-likeness (QED) is 0.769. The number of rotatable bonds is 7. The number of hydrogen-bond acceptors (Lipinski definition) is 4. The number of carbonyl (C=O) groups excluding carboxylic acids is 1. The summed E-state index contributed by atoms with van der Waals surface area (Å²) in [6.07, 6.45) is 3.95. The third kappa shape index (κ3) is 4.93. The van der Waals surface area contributed by atoms with Crippen LogP contribution in [0.5, 0.6) is 5.75 Å². The predicted molar refractivity (Wildman–Crippen MR) is 78.8 cm³/mol. The molecule has 1 atom stereocenters. The number of aliphatic hydroxyl groups is 1. The van der Waals surface area contributed by atoms with Gasteiger partial charge in [0.05, 0.1) is 12.9 Å². The van der Waals surface area contributed by atoms with Gasteiger partial charge >= 0.3 is 6.61 Å². The van der Waals surface area contributed by atoms with Crippen molar-refractivity contribution in [2.24, 2.45) is 0 Å². The minimum absolute atomic E-state index is 0.0312. The van der Waals surface area contributed by atoms with Crippen molar-refractivity contribution in [3.8, 4) is 5.75 Å². The zero-order chi connectivity index (χ0) is 16.7. The van der Waals surface area contributed by atoms with Crippen molar-refractivity contribution < 1.29 is 27.8 Å². The third-order valence-electron chi connectivity index (χ3n) is 2.94. The zero-order valence-corrected chi connectivity index (χ0v) is 12.0. The summed E-state index contributed by atoms with van der Waals surface area (Å²) >= 11 is 0. The Morgan fingerprint density at radius 2 is 2.09 bits per heavy atom. The molecule has 0 aliphatic rings. The molecular weight excluding hydrogens is 308 g/mol. The molecule has 0 aliphatic carbocycles. The van der Waals surface area contributed by atoms with Gasteiger partial charge in [-0.25, -0.2) is 0 Å². The highest BCUT2D eigenvalue weighted by Gasteiger charge is 2.14. The fraction of sp³-hybridized carbons (Fsp3) is 0.188. The van der Waals surface area contributed by atoms with Crippen molar-refractivity contribution >= 4 is 12.0 Å². The number of carbonyl (C=O) groups is 1. The van der Waals surface area contributed by atoms with Gasteiger partial charge in [0.25, 0.3) is 0 Å². The maximum absolute atomic E-state index is 12.3. The molecule has 0 bridgehead atoms. The van der Waals surface area contributed by atoms with Crippen LogP contribution in [-0.4, -0.2) is 24.2 Å². The van der Waals surface area contributed by atoms with Crippen molar-refractivity contribution in [3.05, 3.63) is 60.1 Å². The van der Waals surface area contributed by atoms with E-state index in [9.17, 15) is 18.7 Å². The standard InChI is InChI=1S/C16H15F2NO4/c17-16(18)23-13-5-2-1-4-11(13)7-8-15(21)19-12(10-20)14-6-3-9-22-14/h1-9,12,16,20H,10H2,(H,19,21)/b8-7+. The molecule has 1 unspecified atom stereocenters. The number of benzene rings is 1. The molecule has 0 radical (unpaired) electrons. The van der Waals surface area contributed by atoms with Gasteiger partial charge in [-0.1, -0.05) is 18.2 Å². The lowest BCUT2D eigenvalue weighted by molar-refractivity contribution is -0.117. The first kappa shape index (κ1) is 16.7. The predicted octanol–water partition coefficient (Wildman–Crippen LogP) is 2.74. The molecule has 1 aromatic carbocycles. The van der Waals surface area contributed by atoms with Gasteiger partial charge in [0, 0.05) is 11.6 Å². The summed E-state index contributed by atoms with van der Waals surface area (Å²) < 4.78 is 34.1. The lowest BCUT2D eigenvalue weighted by atomic mass is 10.2. The Balaban J connectivity index is 2.03. The van der Waals surface area contributed by atoms with Crippen LogP contribution in [0.1, 0.15) is 17.4 Å². The number of para-hydroxylation sites is 1. The summed E-state index contributed by atoms with van der Waals surface area (Å²) in [5, 5.41) is 11.8. The van der Waals surface area contributed by atoms with Gasteiger partial charge in [-0.15, -0.1) is 0 Å². The van der Waals surface area contributed by atoms with Crippen LogP contribution in [0.4, 0.5) is 8.78 Å². The molecule has 23 heavy (non-hydrogen) atoms. The number of hydrogen-bond donors (Lipinski definition) is 2. The minimum Gasteiger partial charge on any atom is -0.467 e. The van der Waals surface area contributed by atoms with Crippen LogP contribution in [0.3, 0.4) is 0 Å². The molecule has 7 heteroatoms. The van der Waals surface area contributed by atoms with E-state index in [0.29, 0.717) is 11.3 Å². The van der Waals surface area contributed by atoms with E-state index in [2.05, 4.69) is 10.1 Å². The average molecular weight is 323 g/mol. The molecule has 1 heterocycles. The molecular formula is C16H15F2NO4. The van der Waals surface area contributed by atoms with Crippen LogP contribution in [-0.2, 0) is 4.79 Å². The highest BCUT2D eigenvalue weighted by molar-refractivity contribution is 5.92. The molecule has 0 fully saturated rings. The van der Waals surface area contributed by atoms with Gasteiger partial charge < -0.3 is 19.6 Å². The van der Waals surface area contributed by atoms with E-state index in [0.717, 1.165) is 0 Å². The van der Waals surface area contributed by atoms with Gasteiger partial charge in [0.2, 0.25) is 5.91 Å². The van der Waals surface area contributed by atoms with Crippen LogP contribution >= 0.6 is 0 Å². The lowest BCUT2D eigenvalue weighted by Gasteiger charge is -2.12. The molecule has 122 valence electrons. The largest absolute Gasteiger partial charge is 0.467 e. The molecule has 1 aromatic heterocycles. The molecule has 0 saturated carbocycles. The maximum atomic E-state index is 12.3. The third-order valence-corrected chi connectivity index (χ3v) is 2.94. The maximum Gasteiger partial charge on any atom is 0.387 e. The minimum atomic E-state index is -2.95. The number of aliphatic hydroxyl groups excluding tert-OH is 1. The fourth-order valence-corrected chi connectivity index (χ4v) is 1.90. The van der Waals surface area contributed by atoms with E-state index in [1.54, 1.807) is 24.3 Å². The van der Waals surface area contributed by atoms with Gasteiger partial charge in [0.15, 0.2) is 0 Å². The molecule has 0 aliphatic heterocycles.